The number of carbonyl (C=O) groups excluding carboxylic acids is 9. The largest absolute Gasteiger partial charge is 0.480 e. The number of halogens is 2. The fraction of sp³-hybridized carbons (Fsp3) is 0.405. The number of benzene rings is 5. The van der Waals surface area contributed by atoms with E-state index in [-0.39, 0.29) is 82.8 Å². The zero-order valence-electron chi connectivity index (χ0n) is 70.1. The number of hydrogen-bond donors (Lipinski definition) is 7. The van der Waals surface area contributed by atoms with Crippen molar-refractivity contribution < 1.29 is 111 Å². The summed E-state index contributed by atoms with van der Waals surface area (Å²) in [6, 6.07) is 27.3. The summed E-state index contributed by atoms with van der Waals surface area (Å²) in [6.07, 6.45) is -1.89. The number of amides is 5. The molecule has 1 aromatic heterocycles. The van der Waals surface area contributed by atoms with E-state index in [0.29, 0.717) is 45.2 Å². The monoisotopic (exact) mass is 1890 g/mol. The van der Waals surface area contributed by atoms with Gasteiger partial charge in [0.15, 0.2) is 11.6 Å². The third kappa shape index (κ3) is 47.8. The molecule has 0 saturated heterocycles. The van der Waals surface area contributed by atoms with Crippen LogP contribution in [0.2, 0.25) is 0 Å². The van der Waals surface area contributed by atoms with E-state index in [9.17, 15) is 98.5 Å². The summed E-state index contributed by atoms with van der Waals surface area (Å²) in [5, 5.41) is 76.5. The number of carboxylic acid groups (broad SMARTS) is 1. The van der Waals surface area contributed by atoms with Gasteiger partial charge in [0.2, 0.25) is 0 Å². The number of carboxylic acids is 1. The maximum absolute atomic E-state index is 12.0. The molecule has 5 amide bonds. The number of alkyl halides is 2. The number of nitrogens with one attached hydrogen (secondary N) is 5. The number of hydrogen-bond acceptors (Lipinski definition) is 27. The number of nitro benzene ring substituents is 5. The molecule has 6 aromatic rings. The molecule has 0 unspecified atom stereocenters. The summed E-state index contributed by atoms with van der Waals surface area (Å²) in [6.45, 7) is 25.4. The number of ketones is 4. The molecule has 45 heteroatoms. The molecular formula is C79H97Br2N15O26S2. The number of nitro groups is 5. The number of thiophene rings is 1. The van der Waals surface area contributed by atoms with Crippen molar-refractivity contribution in [2.75, 3.05) is 10.7 Å². The van der Waals surface area contributed by atoms with Crippen molar-refractivity contribution in [2.45, 2.75) is 194 Å². The van der Waals surface area contributed by atoms with Crippen LogP contribution in [0.25, 0.3) is 11.1 Å². The number of alkyl carbamates (subject to hydrolysis) is 5. The normalized spacial score (nSPS) is 11.9. The number of non-ortho nitro benzene ring substituents is 5. The summed E-state index contributed by atoms with van der Waals surface area (Å²) in [5.41, 5.74) is 21.6. The Bertz CT molecular complexity index is 4550. The number of carbonyl (C=O) groups is 10. The van der Waals surface area contributed by atoms with E-state index in [1.807, 2.05) is 17.5 Å². The van der Waals surface area contributed by atoms with Gasteiger partial charge in [-0.15, -0.1) is 11.3 Å². The summed E-state index contributed by atoms with van der Waals surface area (Å²) in [4.78, 5) is 175. The first-order valence-electron chi connectivity index (χ1n) is 36.7. The number of nitrogens with two attached hydrogens (primary N) is 1. The van der Waals surface area contributed by atoms with Crippen LogP contribution in [0.5, 0.6) is 0 Å². The molecule has 5 atom stereocenters. The van der Waals surface area contributed by atoms with E-state index < -0.39 is 131 Å². The number of thiocarbonyl (C=S) groups is 1. The number of rotatable bonds is 30. The molecule has 124 heavy (non-hydrogen) atoms. The maximum Gasteiger partial charge on any atom is 0.408 e. The minimum absolute atomic E-state index is 0.00737. The zero-order valence-corrected chi connectivity index (χ0v) is 74.9. The third-order valence-electron chi connectivity index (χ3n) is 14.5. The molecule has 0 aliphatic carbocycles. The average molecular weight is 1900 g/mol. The first kappa shape index (κ1) is 109. The predicted octanol–water partition coefficient (Wildman–Crippen LogP) is 13.3. The van der Waals surface area contributed by atoms with Crippen molar-refractivity contribution in [1.82, 2.24) is 26.6 Å². The molecule has 1 heterocycles. The molecular weight excluding hydrogens is 1800 g/mol. The minimum atomic E-state index is -1.22. The molecule has 5 aromatic carbocycles. The van der Waals surface area contributed by atoms with Crippen LogP contribution in [-0.4, -0.2) is 185 Å². The lowest BCUT2D eigenvalue weighted by Gasteiger charge is -2.23. The molecule has 0 bridgehead atoms. The van der Waals surface area contributed by atoms with Crippen molar-refractivity contribution in [1.29, 1.82) is 0 Å². The first-order valence-corrected chi connectivity index (χ1v) is 40.2. The molecule has 0 radical (unpaired) electrons. The second-order valence-corrected chi connectivity index (χ2v) is 33.3. The second-order valence-electron chi connectivity index (χ2n) is 30.8. The lowest BCUT2D eigenvalue weighted by atomic mass is 10.0. The van der Waals surface area contributed by atoms with Gasteiger partial charge in [-0.3, -0.25) is 69.7 Å². The van der Waals surface area contributed by atoms with Gasteiger partial charge in [0.05, 0.1) is 52.2 Å². The fourth-order valence-electron chi connectivity index (χ4n) is 9.23. The Morgan fingerprint density at radius 1 is 0.403 bits per heavy atom. The summed E-state index contributed by atoms with van der Waals surface area (Å²) in [5.74, 6) is -2.92. The molecule has 0 saturated carbocycles. The Morgan fingerprint density at radius 3 is 0.766 bits per heavy atom. The summed E-state index contributed by atoms with van der Waals surface area (Å²) in [7, 11) is 0. The van der Waals surface area contributed by atoms with Crippen molar-refractivity contribution in [2.24, 2.45) is 5.73 Å². The summed E-state index contributed by atoms with van der Waals surface area (Å²) < 4.78 is 25.5. The predicted molar refractivity (Wildman–Crippen MR) is 465 cm³/mol. The molecule has 0 aliphatic rings. The van der Waals surface area contributed by atoms with Crippen molar-refractivity contribution in [3.8, 4) is 0 Å². The highest BCUT2D eigenvalue weighted by molar-refractivity contribution is 9.09. The maximum atomic E-state index is 12.0. The van der Waals surface area contributed by atoms with E-state index in [1.165, 1.54) is 97.1 Å². The molecule has 0 spiro atoms. The highest BCUT2D eigenvalue weighted by Gasteiger charge is 2.31. The number of aliphatic carboxylic acids is 1. The van der Waals surface area contributed by atoms with E-state index >= 15 is 0 Å². The Kier molecular flexibility index (Phi) is 45.9. The number of ether oxygens (including phenoxy) is 5. The topological polar surface area (TPSA) is 612 Å². The van der Waals surface area contributed by atoms with Crippen LogP contribution in [0.1, 0.15) is 137 Å². The molecule has 8 N–H and O–H groups in total. The molecule has 0 aliphatic heterocycles. The van der Waals surface area contributed by atoms with E-state index in [1.54, 1.807) is 139 Å². The van der Waals surface area contributed by atoms with Gasteiger partial charge in [-0.1, -0.05) is 111 Å². The van der Waals surface area contributed by atoms with E-state index in [2.05, 4.69) is 68.0 Å². The van der Waals surface area contributed by atoms with E-state index in [4.69, 9.17) is 57.8 Å². The molecule has 41 nitrogen and oxygen atoms in total. The van der Waals surface area contributed by atoms with Gasteiger partial charge >= 0.3 is 48.9 Å². The van der Waals surface area contributed by atoms with E-state index in [0.717, 1.165) is 4.88 Å². The Hall–Kier alpha value is -13.1. The van der Waals surface area contributed by atoms with Crippen molar-refractivity contribution in [3.05, 3.63) is 233 Å². The van der Waals surface area contributed by atoms with Gasteiger partial charge in [0.25, 0.3) is 40.0 Å². The highest BCUT2D eigenvalue weighted by Crippen LogP contribution is 2.22. The van der Waals surface area contributed by atoms with Crippen LogP contribution >= 0.6 is 55.4 Å². The van der Waals surface area contributed by atoms with Crippen LogP contribution in [0.3, 0.4) is 0 Å². The average Bonchev–Trinajstić information content (AvgIpc) is 0.970. The number of nitrogens with zero attached hydrogens (tertiary/aromatic N) is 9. The van der Waals surface area contributed by atoms with Gasteiger partial charge < -0.3 is 72.2 Å². The van der Waals surface area contributed by atoms with Gasteiger partial charge in [-0.2, -0.15) is 9.58 Å². The van der Waals surface area contributed by atoms with Crippen LogP contribution in [0.15, 0.2) is 139 Å². The minimum Gasteiger partial charge on any atom is -0.480 e. The fourth-order valence-corrected chi connectivity index (χ4v) is 10.8. The quantitative estimate of drug-likeness (QED) is 0.00322. The van der Waals surface area contributed by atoms with Crippen LogP contribution in [0, 0.1) is 50.6 Å². The van der Waals surface area contributed by atoms with Crippen LogP contribution in [-0.2, 0) is 79.8 Å². The molecule has 0 fully saturated rings. The summed E-state index contributed by atoms with van der Waals surface area (Å²) >= 11 is 12.4. The lowest BCUT2D eigenvalue weighted by Crippen LogP contribution is -2.45. The smallest absolute Gasteiger partial charge is 0.408 e. The van der Waals surface area contributed by atoms with Gasteiger partial charge in [-0.05, 0) is 156 Å². The Morgan fingerprint density at radius 2 is 0.605 bits per heavy atom. The van der Waals surface area contributed by atoms with Gasteiger partial charge in [-0.25, -0.2) is 28.8 Å². The highest BCUT2D eigenvalue weighted by atomic mass is 79.9. The van der Waals surface area contributed by atoms with Crippen LogP contribution < -0.4 is 32.3 Å². The van der Waals surface area contributed by atoms with Crippen LogP contribution in [0.4, 0.5) is 52.4 Å². The Balaban J connectivity index is 0.000000756. The third-order valence-corrected chi connectivity index (χ3v) is 16.9. The van der Waals surface area contributed by atoms with Gasteiger partial charge in [0.1, 0.15) is 51.1 Å². The second kappa shape index (κ2) is 52.3. The lowest BCUT2D eigenvalue weighted by molar-refractivity contribution is -0.385. The number of Topliss-reactive ketones (excluding diaryl/α,β-unsaturated/α-hetero) is 4. The van der Waals surface area contributed by atoms with Crippen molar-refractivity contribution >= 4 is 161 Å². The standard InChI is InChI=1S/2C15H19BrN2O5.2C15H18N4O5.C14H18N2O6.C5H5NS2/c2*1-15(2,3)23-14(20)17-12(13(19)9-16)8-10-4-6-11(7-5-10)18(21)22;2*1-15(2,3)24-14(21)18-12(13(20)9-17-16)8-10-4-6-11(7-5-10)19(22)23;1-14(2,3)22-13(19)15-11(12(17)18)8-9-4-6-10(7-5-9)16(20)21;6-5(7)4-2-1-3-8-4/h2*4-7,12H,8-9H2,1-3H3,(H,17,20);2*4-7,9,12H,8H2,1-3H3,(H,18,21);4-7,11H,8H2,1-3H3,(H,15,19)(H,17,18);1-3H,(H2,6,7)/t4*12-;11-;/m00000./s1. The van der Waals surface area contributed by atoms with Crippen molar-refractivity contribution in [3.63, 3.8) is 0 Å². The van der Waals surface area contributed by atoms with Gasteiger partial charge in [0, 0.05) is 79.9 Å². The Labute approximate surface area is 737 Å². The first-order chi connectivity index (χ1) is 57.4. The molecule has 670 valence electrons. The molecule has 6 rings (SSSR count). The SMILES string of the molecule is CC(C)(C)OC(=O)N[C@@H](Cc1ccc([N+](=O)[O-])cc1)C(=O)C=[N+]=[N-].CC(C)(C)OC(=O)N[C@@H](Cc1ccc([N+](=O)[O-])cc1)C(=O)C=[N+]=[N-].CC(C)(C)OC(=O)N[C@@H](Cc1ccc([N+](=O)[O-])cc1)C(=O)CBr.CC(C)(C)OC(=O)N[C@@H](Cc1ccc([N+](=O)[O-])cc1)C(=O)CBr.CC(C)(C)OC(=O)N[C@@H](Cc1ccc([N+](=O)[O-])cc1)C(=O)O.NC(=S)c1cccs1. The zero-order chi connectivity index (χ0) is 94.8.